The van der Waals surface area contributed by atoms with Crippen LogP contribution in [0, 0.1) is 0 Å². The topological polar surface area (TPSA) is 36.4 Å². The van der Waals surface area contributed by atoms with Crippen LogP contribution in [-0.2, 0) is 4.79 Å². The van der Waals surface area contributed by atoms with Crippen molar-refractivity contribution in [2.45, 2.75) is 4.90 Å². The Morgan fingerprint density at radius 3 is 2.63 bits per heavy atom. The first-order chi connectivity index (χ1) is 13.1. The minimum Gasteiger partial charge on any atom is -0.345 e. The van der Waals surface area contributed by atoms with Gasteiger partial charge in [-0.15, -0.1) is 11.8 Å². The first-order valence-corrected chi connectivity index (χ1v) is 11.5. The van der Waals surface area contributed by atoms with Gasteiger partial charge < -0.3 is 9.80 Å². The maximum absolute atomic E-state index is 12.5. The van der Waals surface area contributed by atoms with E-state index in [1.807, 2.05) is 41.3 Å². The Morgan fingerprint density at radius 2 is 1.89 bits per heavy atom. The Morgan fingerprint density at radius 1 is 1.15 bits per heavy atom. The van der Waals surface area contributed by atoms with Crippen LogP contribution in [0.4, 0.5) is 5.13 Å². The molecule has 1 aliphatic rings. The maximum atomic E-state index is 12.5. The van der Waals surface area contributed by atoms with Gasteiger partial charge in [0.25, 0.3) is 0 Å². The number of carbonyl (C=O) groups is 1. The summed E-state index contributed by atoms with van der Waals surface area (Å²) in [6.07, 6.45) is 0. The molecule has 8 heteroatoms. The lowest BCUT2D eigenvalue weighted by Gasteiger charge is -2.34. The summed E-state index contributed by atoms with van der Waals surface area (Å²) in [6.45, 7) is 3.11. The van der Waals surface area contributed by atoms with Gasteiger partial charge in [0.15, 0.2) is 5.13 Å². The van der Waals surface area contributed by atoms with E-state index >= 15 is 0 Å². The molecule has 0 saturated carbocycles. The number of benzene rings is 2. The molecular weight excluding hydrogens is 466 g/mol. The van der Waals surface area contributed by atoms with Gasteiger partial charge in [0.05, 0.1) is 16.0 Å². The number of aromatic nitrogens is 1. The SMILES string of the molecule is O=C(CSc1ccc(Cl)cc1)N1CCN(c2nc3ccc(Br)cc3s2)CC1. The third-order valence-electron chi connectivity index (χ3n) is 4.42. The Labute approximate surface area is 179 Å². The fourth-order valence-electron chi connectivity index (χ4n) is 2.94. The second-order valence-electron chi connectivity index (χ2n) is 6.22. The Kier molecular flexibility index (Phi) is 5.92. The molecule has 2 heterocycles. The second kappa shape index (κ2) is 8.39. The van der Waals surface area contributed by atoms with E-state index in [1.54, 1.807) is 23.1 Å². The molecule has 1 saturated heterocycles. The quantitative estimate of drug-likeness (QED) is 0.482. The number of thioether (sulfide) groups is 1. The molecule has 0 N–H and O–H groups in total. The Hall–Kier alpha value is -1.28. The number of fused-ring (bicyclic) bond motifs is 1. The van der Waals surface area contributed by atoms with Gasteiger partial charge >= 0.3 is 0 Å². The molecule has 140 valence electrons. The van der Waals surface area contributed by atoms with E-state index in [4.69, 9.17) is 16.6 Å². The average Bonchev–Trinajstić information content (AvgIpc) is 3.10. The molecule has 0 unspecified atom stereocenters. The van der Waals surface area contributed by atoms with Gasteiger partial charge in [-0.1, -0.05) is 38.9 Å². The Bertz CT molecular complexity index is 955. The first-order valence-electron chi connectivity index (χ1n) is 8.56. The summed E-state index contributed by atoms with van der Waals surface area (Å²) in [7, 11) is 0. The van der Waals surface area contributed by atoms with Crippen LogP contribution in [0.2, 0.25) is 5.02 Å². The first kappa shape index (κ1) is 19.1. The molecule has 4 rings (SSSR count). The number of hydrogen-bond donors (Lipinski definition) is 0. The third-order valence-corrected chi connectivity index (χ3v) is 7.24. The van der Waals surface area contributed by atoms with Crippen LogP contribution in [-0.4, -0.2) is 47.7 Å². The molecule has 0 atom stereocenters. The number of amides is 1. The van der Waals surface area contributed by atoms with Crippen molar-refractivity contribution in [1.29, 1.82) is 0 Å². The molecule has 27 heavy (non-hydrogen) atoms. The van der Waals surface area contributed by atoms with E-state index in [1.165, 1.54) is 4.70 Å². The van der Waals surface area contributed by atoms with Crippen molar-refractivity contribution < 1.29 is 4.79 Å². The third kappa shape index (κ3) is 4.59. The number of piperazine rings is 1. The van der Waals surface area contributed by atoms with Crippen LogP contribution >= 0.6 is 50.6 Å². The molecular formula is C19H17BrClN3OS2. The highest BCUT2D eigenvalue weighted by Gasteiger charge is 2.23. The van der Waals surface area contributed by atoms with E-state index in [9.17, 15) is 4.79 Å². The van der Waals surface area contributed by atoms with E-state index in [2.05, 4.69) is 26.9 Å². The van der Waals surface area contributed by atoms with E-state index in [-0.39, 0.29) is 5.91 Å². The molecule has 0 aliphatic carbocycles. The van der Waals surface area contributed by atoms with Crippen molar-refractivity contribution in [3.63, 3.8) is 0 Å². The normalized spacial score (nSPS) is 14.7. The summed E-state index contributed by atoms with van der Waals surface area (Å²) < 4.78 is 2.25. The Balaban J connectivity index is 1.32. The average molecular weight is 483 g/mol. The van der Waals surface area contributed by atoms with Crippen LogP contribution in [0.15, 0.2) is 51.8 Å². The van der Waals surface area contributed by atoms with Crippen LogP contribution in [0.25, 0.3) is 10.2 Å². The van der Waals surface area contributed by atoms with Crippen molar-refractivity contribution in [2.75, 3.05) is 36.8 Å². The van der Waals surface area contributed by atoms with Crippen molar-refractivity contribution in [1.82, 2.24) is 9.88 Å². The van der Waals surface area contributed by atoms with Gasteiger partial charge in [-0.3, -0.25) is 4.79 Å². The highest BCUT2D eigenvalue weighted by atomic mass is 79.9. The van der Waals surface area contributed by atoms with Crippen molar-refractivity contribution in [3.05, 3.63) is 52.0 Å². The number of carbonyl (C=O) groups excluding carboxylic acids is 1. The highest BCUT2D eigenvalue weighted by molar-refractivity contribution is 9.10. The van der Waals surface area contributed by atoms with Crippen molar-refractivity contribution in [2.24, 2.45) is 0 Å². The van der Waals surface area contributed by atoms with Crippen molar-refractivity contribution in [3.8, 4) is 0 Å². The molecule has 0 radical (unpaired) electrons. The smallest absolute Gasteiger partial charge is 0.233 e. The summed E-state index contributed by atoms with van der Waals surface area (Å²) in [5, 5.41) is 1.75. The number of rotatable bonds is 4. The lowest BCUT2D eigenvalue weighted by molar-refractivity contribution is -0.128. The summed E-state index contributed by atoms with van der Waals surface area (Å²) in [6, 6.07) is 13.7. The molecule has 1 aliphatic heterocycles. The van der Waals surface area contributed by atoms with Crippen LogP contribution in [0.3, 0.4) is 0 Å². The standard InChI is InChI=1S/C19H17BrClN3OS2/c20-13-1-6-16-17(11-13)27-19(22-16)24-9-7-23(8-10-24)18(25)12-26-15-4-2-14(21)3-5-15/h1-6,11H,7-10,12H2. The van der Waals surface area contributed by atoms with Crippen LogP contribution in [0.5, 0.6) is 0 Å². The van der Waals surface area contributed by atoms with Gasteiger partial charge in [-0.05, 0) is 42.5 Å². The van der Waals surface area contributed by atoms with Crippen molar-refractivity contribution >= 4 is 71.9 Å². The predicted molar refractivity (Wildman–Crippen MR) is 118 cm³/mol. The fraction of sp³-hybridized carbons (Fsp3) is 0.263. The molecule has 0 bridgehead atoms. The highest BCUT2D eigenvalue weighted by Crippen LogP contribution is 2.31. The van der Waals surface area contributed by atoms with Gasteiger partial charge in [0.1, 0.15) is 0 Å². The van der Waals surface area contributed by atoms with Crippen LogP contribution in [0.1, 0.15) is 0 Å². The minimum absolute atomic E-state index is 0.183. The molecule has 1 fully saturated rings. The summed E-state index contributed by atoms with van der Waals surface area (Å²) in [4.78, 5) is 22.5. The fourth-order valence-corrected chi connectivity index (χ4v) is 5.43. The zero-order valence-electron chi connectivity index (χ0n) is 14.4. The number of hydrogen-bond acceptors (Lipinski definition) is 5. The lowest BCUT2D eigenvalue weighted by atomic mass is 10.3. The number of halogens is 2. The summed E-state index contributed by atoms with van der Waals surface area (Å²) >= 11 is 12.7. The number of anilines is 1. The second-order valence-corrected chi connectivity index (χ2v) is 9.63. The largest absolute Gasteiger partial charge is 0.345 e. The van der Waals surface area contributed by atoms with E-state index in [0.717, 1.165) is 46.2 Å². The summed E-state index contributed by atoms with van der Waals surface area (Å²) in [5.74, 6) is 0.638. The van der Waals surface area contributed by atoms with Crippen LogP contribution < -0.4 is 4.90 Å². The molecule has 4 nitrogen and oxygen atoms in total. The van der Waals surface area contributed by atoms with Gasteiger partial charge in [-0.2, -0.15) is 0 Å². The number of nitrogens with zero attached hydrogens (tertiary/aromatic N) is 3. The molecule has 1 aromatic heterocycles. The molecule has 2 aromatic carbocycles. The predicted octanol–water partition coefficient (Wildman–Crippen LogP) is 5.15. The monoisotopic (exact) mass is 481 g/mol. The van der Waals surface area contributed by atoms with Gasteiger partial charge in [0, 0.05) is 40.6 Å². The van der Waals surface area contributed by atoms with E-state index in [0.29, 0.717) is 10.8 Å². The molecule has 3 aromatic rings. The maximum Gasteiger partial charge on any atom is 0.233 e. The lowest BCUT2D eigenvalue weighted by Crippen LogP contribution is -2.49. The van der Waals surface area contributed by atoms with E-state index < -0.39 is 0 Å². The zero-order chi connectivity index (χ0) is 18.8. The number of thiazole rings is 1. The molecule has 0 spiro atoms. The minimum atomic E-state index is 0.183. The van der Waals surface area contributed by atoms with Gasteiger partial charge in [-0.25, -0.2) is 4.98 Å². The summed E-state index contributed by atoms with van der Waals surface area (Å²) in [5.41, 5.74) is 1.02. The van der Waals surface area contributed by atoms with Gasteiger partial charge in [0.2, 0.25) is 5.91 Å². The zero-order valence-corrected chi connectivity index (χ0v) is 18.4. The molecule has 1 amide bonds.